The number of hydrogen-bond donors (Lipinski definition) is 1. The van der Waals surface area contributed by atoms with Crippen molar-refractivity contribution in [2.24, 2.45) is 5.41 Å². The average molecular weight is 425 g/mol. The molecule has 3 aromatic rings. The minimum absolute atomic E-state index is 0.0735. The maximum Gasteiger partial charge on any atom is 0.226 e. The first kappa shape index (κ1) is 18.6. The quantitative estimate of drug-likeness (QED) is 0.579. The van der Waals surface area contributed by atoms with Gasteiger partial charge in [0.15, 0.2) is 11.6 Å². The molecule has 1 aliphatic carbocycles. The Labute approximate surface area is 178 Å². The number of carbonyl (C=O) groups is 1. The molecule has 0 saturated carbocycles. The van der Waals surface area contributed by atoms with Gasteiger partial charge in [-0.25, -0.2) is 4.68 Å². The highest BCUT2D eigenvalue weighted by molar-refractivity contribution is 7.10. The van der Waals surface area contributed by atoms with Crippen molar-refractivity contribution in [3.8, 4) is 11.4 Å². The Bertz CT molecular complexity index is 1170. The number of aryl methyl sites for hydroxylation is 1. The summed E-state index contributed by atoms with van der Waals surface area (Å²) in [5.74, 6) is 1.45. The van der Waals surface area contributed by atoms with Crippen molar-refractivity contribution in [1.82, 2.24) is 14.8 Å². The Kier molecular flexibility index (Phi) is 4.19. The zero-order chi connectivity index (χ0) is 20.3. The summed E-state index contributed by atoms with van der Waals surface area (Å²) in [6, 6.07) is 9.37. The summed E-state index contributed by atoms with van der Waals surface area (Å²) in [4.78, 5) is 19.1. The molecule has 148 valence electrons. The van der Waals surface area contributed by atoms with Gasteiger partial charge in [-0.05, 0) is 47.9 Å². The van der Waals surface area contributed by atoms with Gasteiger partial charge in [-0.3, -0.25) is 4.79 Å². The van der Waals surface area contributed by atoms with E-state index >= 15 is 0 Å². The maximum atomic E-state index is 13.2. The van der Waals surface area contributed by atoms with E-state index in [0.29, 0.717) is 23.2 Å². The predicted octanol–water partition coefficient (Wildman–Crippen LogP) is 5.63. The summed E-state index contributed by atoms with van der Waals surface area (Å²) >= 11 is 7.83. The van der Waals surface area contributed by atoms with Gasteiger partial charge in [-0.15, -0.1) is 16.4 Å². The fraction of sp³-hybridized carbons (Fsp3) is 0.318. The molecule has 29 heavy (non-hydrogen) atoms. The molecule has 1 unspecified atom stereocenters. The summed E-state index contributed by atoms with van der Waals surface area (Å²) in [6.07, 6.45) is 1.36. The van der Waals surface area contributed by atoms with Crippen molar-refractivity contribution in [3.63, 3.8) is 0 Å². The molecule has 3 heterocycles. The molecule has 2 aromatic heterocycles. The first-order valence-electron chi connectivity index (χ1n) is 9.62. The molecule has 5 rings (SSSR count). The molecule has 0 amide bonds. The van der Waals surface area contributed by atoms with E-state index in [1.807, 2.05) is 28.9 Å². The summed E-state index contributed by atoms with van der Waals surface area (Å²) in [5.41, 5.74) is 3.74. The number of fused-ring (bicyclic) bond motifs is 1. The van der Waals surface area contributed by atoms with Gasteiger partial charge in [0, 0.05) is 33.2 Å². The zero-order valence-electron chi connectivity index (χ0n) is 16.5. The Hall–Kier alpha value is -2.44. The number of ketones is 1. The summed E-state index contributed by atoms with van der Waals surface area (Å²) in [6.45, 7) is 6.36. The van der Waals surface area contributed by atoms with E-state index < -0.39 is 0 Å². The number of carbonyl (C=O) groups excluding carboxylic acids is 1. The molecule has 7 heteroatoms. The second-order valence-corrected chi connectivity index (χ2v) is 9.93. The highest BCUT2D eigenvalue weighted by Gasteiger charge is 2.42. The van der Waals surface area contributed by atoms with Crippen LogP contribution in [0.1, 0.15) is 43.2 Å². The lowest BCUT2D eigenvalue weighted by Gasteiger charge is -2.38. The Morgan fingerprint density at radius 3 is 2.83 bits per heavy atom. The van der Waals surface area contributed by atoms with E-state index in [4.69, 9.17) is 21.7 Å². The predicted molar refractivity (Wildman–Crippen MR) is 116 cm³/mol. The lowest BCUT2D eigenvalue weighted by molar-refractivity contribution is -0.118. The van der Waals surface area contributed by atoms with Gasteiger partial charge in [0.25, 0.3) is 0 Å². The monoisotopic (exact) mass is 424 g/mol. The van der Waals surface area contributed by atoms with Crippen molar-refractivity contribution in [3.05, 3.63) is 62.4 Å². The van der Waals surface area contributed by atoms with Crippen molar-refractivity contribution in [2.75, 3.05) is 5.32 Å². The Morgan fingerprint density at radius 2 is 2.10 bits per heavy atom. The average Bonchev–Trinajstić information content (AvgIpc) is 3.25. The van der Waals surface area contributed by atoms with Crippen LogP contribution in [0.5, 0.6) is 0 Å². The van der Waals surface area contributed by atoms with Crippen LogP contribution >= 0.6 is 22.9 Å². The van der Waals surface area contributed by atoms with E-state index in [9.17, 15) is 4.79 Å². The molecule has 1 N–H and O–H groups in total. The number of rotatable bonds is 2. The molecule has 1 atom stereocenters. The minimum atomic E-state index is -0.245. The first-order chi connectivity index (χ1) is 13.8. The van der Waals surface area contributed by atoms with E-state index in [1.54, 1.807) is 11.3 Å². The lowest BCUT2D eigenvalue weighted by Crippen LogP contribution is -2.36. The minimum Gasteiger partial charge on any atom is -0.328 e. The molecule has 0 saturated heterocycles. The van der Waals surface area contributed by atoms with Gasteiger partial charge in [0.05, 0.1) is 0 Å². The van der Waals surface area contributed by atoms with E-state index in [2.05, 4.69) is 37.5 Å². The van der Waals surface area contributed by atoms with Crippen LogP contribution in [0.4, 0.5) is 5.95 Å². The number of benzene rings is 1. The molecule has 0 spiro atoms. The van der Waals surface area contributed by atoms with E-state index in [1.165, 1.54) is 0 Å². The molecule has 0 radical (unpaired) electrons. The number of allylic oxidation sites excluding steroid dienone is 2. The number of thiophene rings is 1. The number of aromatic nitrogens is 3. The van der Waals surface area contributed by atoms with E-state index in [0.717, 1.165) is 33.7 Å². The SMILES string of the molecule is Cc1ccsc1C1C2=C(CC(C)(C)CC2=O)Nc2nc(-c3cccc(Cl)c3)nn21. The number of hydrogen-bond acceptors (Lipinski definition) is 5. The highest BCUT2D eigenvalue weighted by Crippen LogP contribution is 2.47. The van der Waals surface area contributed by atoms with Crippen molar-refractivity contribution in [1.29, 1.82) is 0 Å². The van der Waals surface area contributed by atoms with Crippen molar-refractivity contribution < 1.29 is 4.79 Å². The van der Waals surface area contributed by atoms with Gasteiger partial charge >= 0.3 is 0 Å². The third-order valence-corrected chi connectivity index (χ3v) is 6.87. The summed E-state index contributed by atoms with van der Waals surface area (Å²) < 4.78 is 1.87. The van der Waals surface area contributed by atoms with Gasteiger partial charge in [-0.1, -0.05) is 37.6 Å². The number of halogens is 1. The number of nitrogens with zero attached hydrogens (tertiary/aromatic N) is 3. The van der Waals surface area contributed by atoms with Gasteiger partial charge in [0.1, 0.15) is 6.04 Å². The maximum absolute atomic E-state index is 13.2. The van der Waals surface area contributed by atoms with Crippen LogP contribution in [0.25, 0.3) is 11.4 Å². The lowest BCUT2D eigenvalue weighted by atomic mass is 9.73. The molecular formula is C22H21ClN4OS. The molecular weight excluding hydrogens is 404 g/mol. The standard InChI is InChI=1S/C22H21ClN4OS/c1-12-7-8-29-19(12)18-17-15(10-22(2,3)11-16(17)28)24-21-25-20(26-27(18)21)13-5-4-6-14(23)9-13/h4-9,18H,10-11H2,1-3H3,(H,24,25,26). The van der Waals surface area contributed by atoms with Crippen molar-refractivity contribution >= 4 is 34.7 Å². The number of nitrogens with one attached hydrogen (secondary N) is 1. The van der Waals surface area contributed by atoms with Crippen LogP contribution < -0.4 is 5.32 Å². The molecule has 1 aromatic carbocycles. The molecule has 2 aliphatic rings. The summed E-state index contributed by atoms with van der Waals surface area (Å²) in [7, 11) is 0. The number of anilines is 1. The van der Waals surface area contributed by atoms with E-state index in [-0.39, 0.29) is 17.2 Å². The molecule has 1 aliphatic heterocycles. The van der Waals surface area contributed by atoms with Gasteiger partial charge < -0.3 is 5.32 Å². The van der Waals surface area contributed by atoms with Gasteiger partial charge in [0.2, 0.25) is 5.95 Å². The Morgan fingerprint density at radius 1 is 1.28 bits per heavy atom. The fourth-order valence-corrected chi connectivity index (χ4v) is 5.48. The van der Waals surface area contributed by atoms with Crippen LogP contribution in [0, 0.1) is 12.3 Å². The highest BCUT2D eigenvalue weighted by atomic mass is 35.5. The normalized spacial score (nSPS) is 20.3. The third kappa shape index (κ3) is 3.11. The fourth-order valence-electron chi connectivity index (χ4n) is 4.27. The second kappa shape index (κ2) is 6.54. The third-order valence-electron chi connectivity index (χ3n) is 5.56. The van der Waals surface area contributed by atoms with Gasteiger partial charge in [-0.2, -0.15) is 4.98 Å². The van der Waals surface area contributed by atoms with Crippen LogP contribution in [-0.4, -0.2) is 20.5 Å². The van der Waals surface area contributed by atoms with Crippen LogP contribution in [0.2, 0.25) is 5.02 Å². The number of Topliss-reactive ketones (excluding diaryl/α,β-unsaturated/α-hetero) is 1. The smallest absolute Gasteiger partial charge is 0.226 e. The second-order valence-electron chi connectivity index (χ2n) is 8.54. The zero-order valence-corrected chi connectivity index (χ0v) is 18.1. The first-order valence-corrected chi connectivity index (χ1v) is 10.9. The van der Waals surface area contributed by atoms with Crippen molar-refractivity contribution in [2.45, 2.75) is 39.7 Å². The topological polar surface area (TPSA) is 59.8 Å². The molecule has 0 bridgehead atoms. The van der Waals surface area contributed by atoms with Crippen LogP contribution in [0.15, 0.2) is 47.0 Å². The molecule has 5 nitrogen and oxygen atoms in total. The van der Waals surface area contributed by atoms with Crippen LogP contribution in [-0.2, 0) is 4.79 Å². The van der Waals surface area contributed by atoms with Crippen LogP contribution in [0.3, 0.4) is 0 Å². The molecule has 0 fully saturated rings. The Balaban J connectivity index is 1.69. The largest absolute Gasteiger partial charge is 0.328 e. The summed E-state index contributed by atoms with van der Waals surface area (Å²) in [5, 5.41) is 10.9.